The summed E-state index contributed by atoms with van der Waals surface area (Å²) < 4.78 is 18.7. The third-order valence-corrected chi connectivity index (χ3v) is 13.0. The Morgan fingerprint density at radius 1 is 0.887 bits per heavy atom. The molecule has 0 radical (unpaired) electrons. The van der Waals surface area contributed by atoms with E-state index in [1.54, 1.807) is 18.3 Å². The minimum atomic E-state index is -1.22. The number of aliphatic carboxylic acids is 1. The molecule has 13 heteroatoms. The van der Waals surface area contributed by atoms with Gasteiger partial charge in [0.1, 0.15) is 31.0 Å². The highest BCUT2D eigenvalue weighted by Crippen LogP contribution is 2.41. The van der Waals surface area contributed by atoms with E-state index in [1.165, 1.54) is 11.3 Å². The predicted octanol–water partition coefficient (Wildman–Crippen LogP) is 9.59. The molecule has 0 saturated heterocycles. The van der Waals surface area contributed by atoms with Crippen LogP contribution in [0.1, 0.15) is 77.3 Å². The van der Waals surface area contributed by atoms with Gasteiger partial charge in [-0.2, -0.15) is 0 Å². The maximum absolute atomic E-state index is 14.2. The number of benzene rings is 4. The van der Waals surface area contributed by atoms with Gasteiger partial charge in [0.25, 0.3) is 0 Å². The zero-order chi connectivity index (χ0) is 43.3. The molecule has 1 fully saturated rings. The summed E-state index contributed by atoms with van der Waals surface area (Å²) in [6.07, 6.45) is 7.20. The number of pyridine rings is 1. The van der Waals surface area contributed by atoms with Crippen LogP contribution in [-0.4, -0.2) is 58.1 Å². The van der Waals surface area contributed by atoms with E-state index in [4.69, 9.17) is 37.4 Å². The standard InChI is InChI=1S/C49H50Cl2N4O7/c1-29-30(2)52-19-18-39(29)34-11-8-31(9-12-34)21-42(48(57)58)54-47(56)43-22-36-23-44-45(24-37(36)26-55(43)49(59)53-25-32-6-4-3-5-7-32)62-46(28-61-44)35-13-15-38(16-14-35)60-27-33-10-17-40(50)41(51)20-33/h8-20,23-24,32,42-43,46H,3-7,21-22,25-28H2,1-2H3,(H,53,59)(H,54,56)(H,57,58)/t42-,43-,46+/m0/s1. The Kier molecular flexibility index (Phi) is 13.2. The summed E-state index contributed by atoms with van der Waals surface area (Å²) in [6, 6.07) is 23.9. The zero-order valence-electron chi connectivity index (χ0n) is 34.8. The monoisotopic (exact) mass is 876 g/mol. The Labute approximate surface area is 371 Å². The van der Waals surface area contributed by atoms with Crippen LogP contribution in [0.25, 0.3) is 11.1 Å². The number of aryl methyl sites for hydroxylation is 1. The number of carboxylic acid groups (broad SMARTS) is 1. The van der Waals surface area contributed by atoms with E-state index in [2.05, 4.69) is 15.6 Å². The molecule has 3 amide bonds. The number of rotatable bonds is 12. The first-order valence-electron chi connectivity index (χ1n) is 21.2. The number of urea groups is 1. The molecule has 0 spiro atoms. The van der Waals surface area contributed by atoms with Gasteiger partial charge in [-0.15, -0.1) is 0 Å². The Balaban J connectivity index is 0.966. The van der Waals surface area contributed by atoms with Crippen LogP contribution in [-0.2, 0) is 35.6 Å². The van der Waals surface area contributed by atoms with Crippen LogP contribution in [0.15, 0.2) is 91.1 Å². The van der Waals surface area contributed by atoms with E-state index in [9.17, 15) is 19.5 Å². The van der Waals surface area contributed by atoms with Gasteiger partial charge in [-0.25, -0.2) is 9.59 Å². The van der Waals surface area contributed by atoms with Crippen molar-refractivity contribution < 1.29 is 33.7 Å². The van der Waals surface area contributed by atoms with Gasteiger partial charge in [-0.05, 0) is 120 Å². The summed E-state index contributed by atoms with van der Waals surface area (Å²) in [5.74, 6) is 0.448. The molecule has 322 valence electrons. The molecule has 11 nitrogen and oxygen atoms in total. The van der Waals surface area contributed by atoms with Gasteiger partial charge in [-0.1, -0.05) is 84.9 Å². The Bertz CT molecular complexity index is 2440. The van der Waals surface area contributed by atoms with Gasteiger partial charge in [-0.3, -0.25) is 9.78 Å². The lowest BCUT2D eigenvalue weighted by molar-refractivity contribution is -0.142. The maximum Gasteiger partial charge on any atom is 0.326 e. The average molecular weight is 878 g/mol. The topological polar surface area (TPSA) is 139 Å². The van der Waals surface area contributed by atoms with Crippen LogP contribution in [0.5, 0.6) is 17.2 Å². The van der Waals surface area contributed by atoms with Gasteiger partial charge in [0, 0.05) is 37.8 Å². The third-order valence-electron chi connectivity index (χ3n) is 12.3. The highest BCUT2D eigenvalue weighted by Gasteiger charge is 2.38. The number of amides is 3. The van der Waals surface area contributed by atoms with Crippen molar-refractivity contribution in [3.63, 3.8) is 0 Å². The third kappa shape index (κ3) is 9.95. The van der Waals surface area contributed by atoms with Crippen LogP contribution < -0.4 is 24.8 Å². The van der Waals surface area contributed by atoms with Crippen molar-refractivity contribution in [2.45, 2.75) is 90.1 Å². The van der Waals surface area contributed by atoms with Gasteiger partial charge in [0.05, 0.1) is 10.0 Å². The smallest absolute Gasteiger partial charge is 0.326 e. The van der Waals surface area contributed by atoms with Gasteiger partial charge >= 0.3 is 12.0 Å². The number of nitrogens with zero attached hydrogens (tertiary/aromatic N) is 2. The molecule has 2 aliphatic heterocycles. The van der Waals surface area contributed by atoms with Crippen molar-refractivity contribution >= 4 is 41.1 Å². The van der Waals surface area contributed by atoms with Gasteiger partial charge in [0.15, 0.2) is 17.6 Å². The van der Waals surface area contributed by atoms with E-state index in [0.29, 0.717) is 46.4 Å². The molecule has 3 heterocycles. The van der Waals surface area contributed by atoms with E-state index >= 15 is 0 Å². The number of ether oxygens (including phenoxy) is 3. The van der Waals surface area contributed by atoms with Crippen LogP contribution >= 0.6 is 23.2 Å². The van der Waals surface area contributed by atoms with Crippen molar-refractivity contribution in [2.75, 3.05) is 13.2 Å². The van der Waals surface area contributed by atoms with Crippen LogP contribution in [0.2, 0.25) is 10.0 Å². The average Bonchev–Trinajstić information content (AvgIpc) is 3.28. The summed E-state index contributed by atoms with van der Waals surface area (Å²) in [7, 11) is 0. The fraction of sp³-hybridized carbons (Fsp3) is 0.347. The predicted molar refractivity (Wildman–Crippen MR) is 238 cm³/mol. The highest BCUT2D eigenvalue weighted by atomic mass is 35.5. The molecule has 1 aromatic heterocycles. The molecule has 4 aromatic carbocycles. The number of halogens is 2. The second kappa shape index (κ2) is 19.1. The highest BCUT2D eigenvalue weighted by molar-refractivity contribution is 6.42. The molecule has 8 rings (SSSR count). The number of hydrogen-bond donors (Lipinski definition) is 3. The molecule has 0 unspecified atom stereocenters. The SMILES string of the molecule is Cc1nccc(-c2ccc(C[C@H](NC(=O)[C@@H]3Cc4cc5c(cc4CN3C(=O)NCC3CCCCC3)O[C@@H](c3ccc(OCc4ccc(Cl)c(Cl)c4)cc3)CO5)C(=O)O)cc2)c1C. The van der Waals surface area contributed by atoms with Crippen molar-refractivity contribution in [2.24, 2.45) is 5.92 Å². The lowest BCUT2D eigenvalue weighted by Gasteiger charge is -2.38. The number of nitrogens with one attached hydrogen (secondary N) is 2. The second-order valence-corrected chi connectivity index (χ2v) is 17.3. The summed E-state index contributed by atoms with van der Waals surface area (Å²) in [6.45, 7) is 5.23. The number of carbonyl (C=O) groups is 3. The lowest BCUT2D eigenvalue weighted by Crippen LogP contribution is -2.58. The minimum Gasteiger partial charge on any atom is -0.489 e. The summed E-state index contributed by atoms with van der Waals surface area (Å²) in [5.41, 5.74) is 8.28. The van der Waals surface area contributed by atoms with Crippen molar-refractivity contribution in [3.05, 3.63) is 140 Å². The molecule has 3 atom stereocenters. The quantitative estimate of drug-likeness (QED) is 0.113. The molecule has 5 aromatic rings. The van der Waals surface area contributed by atoms with E-state index in [-0.39, 0.29) is 32.0 Å². The molecular weight excluding hydrogens is 827 g/mol. The number of fused-ring (bicyclic) bond motifs is 2. The largest absolute Gasteiger partial charge is 0.489 e. The molecular formula is C49H50Cl2N4O7. The van der Waals surface area contributed by atoms with Crippen molar-refractivity contribution in [3.8, 4) is 28.4 Å². The normalized spacial score (nSPS) is 17.7. The Hall–Kier alpha value is -5.78. The van der Waals surface area contributed by atoms with Gasteiger partial charge < -0.3 is 34.9 Å². The summed E-state index contributed by atoms with van der Waals surface area (Å²) >= 11 is 12.2. The zero-order valence-corrected chi connectivity index (χ0v) is 36.3. The van der Waals surface area contributed by atoms with E-state index in [1.807, 2.05) is 86.6 Å². The van der Waals surface area contributed by atoms with Crippen LogP contribution in [0.4, 0.5) is 4.79 Å². The molecule has 1 saturated carbocycles. The number of carboxylic acids is 1. The van der Waals surface area contributed by atoms with Crippen LogP contribution in [0.3, 0.4) is 0 Å². The fourth-order valence-electron chi connectivity index (χ4n) is 8.54. The molecule has 1 aliphatic carbocycles. The first kappa shape index (κ1) is 42.9. The van der Waals surface area contributed by atoms with E-state index < -0.39 is 30.1 Å². The molecule has 3 N–H and O–H groups in total. The van der Waals surface area contributed by atoms with Crippen LogP contribution in [0, 0.1) is 19.8 Å². The number of carbonyl (C=O) groups excluding carboxylic acids is 2. The fourth-order valence-corrected chi connectivity index (χ4v) is 8.86. The summed E-state index contributed by atoms with van der Waals surface area (Å²) in [5, 5.41) is 17.2. The Morgan fingerprint density at radius 3 is 2.37 bits per heavy atom. The second-order valence-electron chi connectivity index (χ2n) is 16.5. The summed E-state index contributed by atoms with van der Waals surface area (Å²) in [4.78, 5) is 46.8. The molecule has 0 bridgehead atoms. The molecule has 3 aliphatic rings. The maximum atomic E-state index is 14.2. The first-order chi connectivity index (χ1) is 30.0. The van der Waals surface area contributed by atoms with Crippen molar-refractivity contribution in [1.29, 1.82) is 0 Å². The van der Waals surface area contributed by atoms with E-state index in [0.717, 1.165) is 75.9 Å². The lowest BCUT2D eigenvalue weighted by atomic mass is 9.89. The minimum absolute atomic E-state index is 0.0707. The van der Waals surface area contributed by atoms with Gasteiger partial charge in [0.2, 0.25) is 5.91 Å². The Morgan fingerprint density at radius 2 is 1.63 bits per heavy atom. The number of hydrogen-bond acceptors (Lipinski definition) is 7. The van der Waals surface area contributed by atoms with Crippen molar-refractivity contribution in [1.82, 2.24) is 20.5 Å². The number of aromatic nitrogens is 1. The molecule has 62 heavy (non-hydrogen) atoms. The first-order valence-corrected chi connectivity index (χ1v) is 22.0.